The Hall–Kier alpha value is -2.20. The second kappa shape index (κ2) is 6.28. The fourth-order valence-corrected chi connectivity index (χ4v) is 2.66. The van der Waals surface area contributed by atoms with E-state index in [0.29, 0.717) is 0 Å². The summed E-state index contributed by atoms with van der Waals surface area (Å²) in [6.07, 6.45) is 2.90. The lowest BCUT2D eigenvalue weighted by atomic mass is 10.1. The summed E-state index contributed by atoms with van der Waals surface area (Å²) in [6.45, 7) is 2.71. The van der Waals surface area contributed by atoms with E-state index in [4.69, 9.17) is 0 Å². The molecule has 2 aromatic carbocycles. The summed E-state index contributed by atoms with van der Waals surface area (Å²) in [4.78, 5) is 3.25. The van der Waals surface area contributed by atoms with E-state index in [1.165, 1.54) is 23.1 Å². The zero-order valence-corrected chi connectivity index (χ0v) is 12.4. The maximum Gasteiger partial charge on any atom is 0.159 e. The molecule has 0 bridgehead atoms. The highest BCUT2D eigenvalue weighted by Crippen LogP contribution is 2.19. The Bertz CT molecular complexity index is 780. The molecule has 0 aliphatic rings. The van der Waals surface area contributed by atoms with Crippen molar-refractivity contribution in [3.8, 4) is 0 Å². The molecule has 0 spiro atoms. The van der Waals surface area contributed by atoms with Crippen molar-refractivity contribution in [1.29, 1.82) is 0 Å². The first kappa shape index (κ1) is 14.7. The monoisotopic (exact) mass is 300 g/mol. The fourth-order valence-electron chi connectivity index (χ4n) is 2.66. The van der Waals surface area contributed by atoms with Crippen molar-refractivity contribution >= 4 is 10.9 Å². The minimum Gasteiger partial charge on any atom is -0.361 e. The van der Waals surface area contributed by atoms with Crippen molar-refractivity contribution in [3.63, 3.8) is 0 Å². The minimum absolute atomic E-state index is 0.0275. The van der Waals surface area contributed by atoms with Crippen molar-refractivity contribution < 1.29 is 8.78 Å². The number of fused-ring (bicyclic) bond motifs is 1. The van der Waals surface area contributed by atoms with Gasteiger partial charge in [0.15, 0.2) is 11.6 Å². The van der Waals surface area contributed by atoms with E-state index < -0.39 is 11.6 Å². The Balaban J connectivity index is 1.61. The normalized spacial score (nSPS) is 12.7. The molecule has 4 heteroatoms. The number of aromatic nitrogens is 1. The van der Waals surface area contributed by atoms with E-state index in [0.717, 1.165) is 24.0 Å². The van der Waals surface area contributed by atoms with Gasteiger partial charge in [-0.2, -0.15) is 0 Å². The molecular formula is C18H18F2N2. The van der Waals surface area contributed by atoms with Crippen LogP contribution in [0.3, 0.4) is 0 Å². The fraction of sp³-hybridized carbons (Fsp3) is 0.222. The molecule has 0 saturated carbocycles. The van der Waals surface area contributed by atoms with Gasteiger partial charge in [0.25, 0.3) is 0 Å². The van der Waals surface area contributed by atoms with Gasteiger partial charge in [0.05, 0.1) is 0 Å². The summed E-state index contributed by atoms with van der Waals surface area (Å²) < 4.78 is 26.2. The van der Waals surface area contributed by atoms with Crippen LogP contribution in [0.15, 0.2) is 48.7 Å². The molecule has 0 amide bonds. The van der Waals surface area contributed by atoms with E-state index in [1.54, 1.807) is 6.07 Å². The lowest BCUT2D eigenvalue weighted by Gasteiger charge is -2.14. The maximum absolute atomic E-state index is 13.3. The molecule has 1 atom stereocenters. The van der Waals surface area contributed by atoms with E-state index in [9.17, 15) is 8.78 Å². The van der Waals surface area contributed by atoms with E-state index in [-0.39, 0.29) is 6.04 Å². The summed E-state index contributed by atoms with van der Waals surface area (Å²) in [5.41, 5.74) is 3.13. The molecule has 3 rings (SSSR count). The molecule has 1 unspecified atom stereocenters. The zero-order chi connectivity index (χ0) is 15.5. The highest BCUT2D eigenvalue weighted by molar-refractivity contribution is 5.83. The van der Waals surface area contributed by atoms with Crippen LogP contribution >= 0.6 is 0 Å². The highest BCUT2D eigenvalue weighted by Gasteiger charge is 2.09. The average Bonchev–Trinajstić information content (AvgIpc) is 2.93. The molecule has 114 valence electrons. The molecule has 2 nitrogen and oxygen atoms in total. The van der Waals surface area contributed by atoms with E-state index in [2.05, 4.69) is 22.4 Å². The van der Waals surface area contributed by atoms with Crippen molar-refractivity contribution in [3.05, 3.63) is 71.4 Å². The number of para-hydroxylation sites is 1. The Morgan fingerprint density at radius 2 is 1.91 bits per heavy atom. The van der Waals surface area contributed by atoms with Gasteiger partial charge < -0.3 is 10.3 Å². The molecule has 0 aliphatic heterocycles. The maximum atomic E-state index is 13.3. The zero-order valence-electron chi connectivity index (χ0n) is 12.4. The van der Waals surface area contributed by atoms with Crippen LogP contribution in [0.5, 0.6) is 0 Å². The number of nitrogens with one attached hydrogen (secondary N) is 2. The van der Waals surface area contributed by atoms with Gasteiger partial charge in [-0.25, -0.2) is 8.78 Å². The summed E-state index contributed by atoms with van der Waals surface area (Å²) in [7, 11) is 0. The average molecular weight is 300 g/mol. The van der Waals surface area contributed by atoms with Gasteiger partial charge in [0.2, 0.25) is 0 Å². The minimum atomic E-state index is -0.810. The third-order valence-electron chi connectivity index (χ3n) is 3.96. The molecule has 0 saturated heterocycles. The lowest BCUT2D eigenvalue weighted by molar-refractivity contribution is 0.501. The first-order valence-electron chi connectivity index (χ1n) is 7.38. The lowest BCUT2D eigenvalue weighted by Crippen LogP contribution is -2.21. The van der Waals surface area contributed by atoms with Crippen LogP contribution in [-0.2, 0) is 6.42 Å². The topological polar surface area (TPSA) is 27.8 Å². The Morgan fingerprint density at radius 3 is 2.73 bits per heavy atom. The smallest absolute Gasteiger partial charge is 0.159 e. The van der Waals surface area contributed by atoms with Gasteiger partial charge in [0.1, 0.15) is 0 Å². The number of hydrogen-bond donors (Lipinski definition) is 2. The molecule has 0 radical (unpaired) electrons. The second-order valence-electron chi connectivity index (χ2n) is 5.46. The van der Waals surface area contributed by atoms with E-state index in [1.807, 2.05) is 25.3 Å². The quantitative estimate of drug-likeness (QED) is 0.721. The van der Waals surface area contributed by atoms with Crippen LogP contribution < -0.4 is 5.32 Å². The van der Waals surface area contributed by atoms with Crippen molar-refractivity contribution in [2.75, 3.05) is 6.54 Å². The third-order valence-corrected chi connectivity index (χ3v) is 3.96. The highest BCUT2D eigenvalue weighted by atomic mass is 19.2. The van der Waals surface area contributed by atoms with Crippen LogP contribution in [0, 0.1) is 11.6 Å². The Labute approximate surface area is 128 Å². The molecule has 22 heavy (non-hydrogen) atoms. The molecule has 1 aromatic heterocycles. The number of H-pyrrole nitrogens is 1. The summed E-state index contributed by atoms with van der Waals surface area (Å²) in [5.74, 6) is -1.61. The molecule has 1 heterocycles. The molecule has 2 N–H and O–H groups in total. The number of aromatic amines is 1. The van der Waals surface area contributed by atoms with Crippen molar-refractivity contribution in [1.82, 2.24) is 10.3 Å². The molecule has 0 fully saturated rings. The first-order chi connectivity index (χ1) is 10.6. The third kappa shape index (κ3) is 3.02. The summed E-state index contributed by atoms with van der Waals surface area (Å²) in [5, 5.41) is 4.57. The SMILES string of the molecule is CC(NCCc1c[nH]c2ccccc12)c1ccc(F)c(F)c1. The Morgan fingerprint density at radius 1 is 1.09 bits per heavy atom. The molecule has 3 aromatic rings. The van der Waals surface area contributed by atoms with Gasteiger partial charge in [-0.3, -0.25) is 0 Å². The predicted molar refractivity (Wildman–Crippen MR) is 84.8 cm³/mol. The van der Waals surface area contributed by atoms with Crippen LogP contribution in [-0.4, -0.2) is 11.5 Å². The van der Waals surface area contributed by atoms with Crippen molar-refractivity contribution in [2.24, 2.45) is 0 Å². The van der Waals surface area contributed by atoms with Crippen LogP contribution in [0.1, 0.15) is 24.1 Å². The number of benzene rings is 2. The van der Waals surface area contributed by atoms with Gasteiger partial charge in [-0.1, -0.05) is 24.3 Å². The van der Waals surface area contributed by atoms with Gasteiger partial charge in [-0.15, -0.1) is 0 Å². The Kier molecular flexibility index (Phi) is 4.20. The second-order valence-corrected chi connectivity index (χ2v) is 5.46. The van der Waals surface area contributed by atoms with Gasteiger partial charge >= 0.3 is 0 Å². The summed E-state index contributed by atoms with van der Waals surface area (Å²) >= 11 is 0. The van der Waals surface area contributed by atoms with E-state index >= 15 is 0 Å². The van der Waals surface area contributed by atoms with Crippen LogP contribution in [0.25, 0.3) is 10.9 Å². The predicted octanol–water partition coefficient (Wildman–Crippen LogP) is 4.34. The molecule has 0 aliphatic carbocycles. The van der Waals surface area contributed by atoms with Gasteiger partial charge in [-0.05, 0) is 49.2 Å². The number of hydrogen-bond acceptors (Lipinski definition) is 1. The number of halogens is 2. The van der Waals surface area contributed by atoms with Crippen LogP contribution in [0.4, 0.5) is 8.78 Å². The largest absolute Gasteiger partial charge is 0.361 e. The number of rotatable bonds is 5. The van der Waals surface area contributed by atoms with Gasteiger partial charge in [0, 0.05) is 23.1 Å². The van der Waals surface area contributed by atoms with Crippen LogP contribution in [0.2, 0.25) is 0 Å². The summed E-state index contributed by atoms with van der Waals surface area (Å²) in [6, 6.07) is 12.2. The standard InChI is InChI=1S/C18H18F2N2/c1-12(13-6-7-16(19)17(20)10-13)21-9-8-14-11-22-18-5-3-2-4-15(14)18/h2-7,10-12,21-22H,8-9H2,1H3. The van der Waals surface area contributed by atoms with Crippen molar-refractivity contribution in [2.45, 2.75) is 19.4 Å². The molecular weight excluding hydrogens is 282 g/mol. The first-order valence-corrected chi connectivity index (χ1v) is 7.38.